The monoisotopic (exact) mass is 333 g/mol. The van der Waals surface area contributed by atoms with Crippen LogP contribution in [0.2, 0.25) is 0 Å². The Labute approximate surface area is 139 Å². The minimum atomic E-state index is -0.329. The second-order valence-corrected chi connectivity index (χ2v) is 6.77. The highest BCUT2D eigenvalue weighted by atomic mass is 32.1. The van der Waals surface area contributed by atoms with E-state index in [1.807, 2.05) is 0 Å². The maximum Gasteiger partial charge on any atom is 0.265 e. The van der Waals surface area contributed by atoms with Crippen molar-refractivity contribution in [1.82, 2.24) is 5.32 Å². The Morgan fingerprint density at radius 2 is 2.26 bits per heavy atom. The number of halogens is 1. The first-order chi connectivity index (χ1) is 11.2. The summed E-state index contributed by atoms with van der Waals surface area (Å²) in [5.41, 5.74) is 1.43. The third kappa shape index (κ3) is 3.55. The van der Waals surface area contributed by atoms with Crippen molar-refractivity contribution in [1.29, 1.82) is 0 Å². The van der Waals surface area contributed by atoms with Crippen LogP contribution in [0.15, 0.2) is 29.8 Å². The molecule has 1 N–H and O–H groups in total. The van der Waals surface area contributed by atoms with Gasteiger partial charge in [0.1, 0.15) is 16.4 Å². The van der Waals surface area contributed by atoms with Gasteiger partial charge in [-0.05, 0) is 50.3 Å². The molecule has 3 rings (SSSR count). The molecule has 1 aliphatic rings. The Morgan fingerprint density at radius 3 is 3.00 bits per heavy atom. The maximum absolute atomic E-state index is 13.4. The number of amides is 1. The molecule has 0 saturated heterocycles. The summed E-state index contributed by atoms with van der Waals surface area (Å²) in [6, 6.07) is 4.49. The first-order valence-electron chi connectivity index (χ1n) is 7.91. The SMILES string of the molecule is COc1c(C(=O)NCCC2=CCCCC2)sc2ccc(F)cc12. The largest absolute Gasteiger partial charge is 0.494 e. The van der Waals surface area contributed by atoms with Crippen molar-refractivity contribution in [2.75, 3.05) is 13.7 Å². The molecule has 1 aliphatic carbocycles. The van der Waals surface area contributed by atoms with Crippen LogP contribution in [-0.4, -0.2) is 19.6 Å². The zero-order valence-electron chi connectivity index (χ0n) is 13.2. The third-order valence-corrected chi connectivity index (χ3v) is 5.28. The quantitative estimate of drug-likeness (QED) is 0.808. The minimum Gasteiger partial charge on any atom is -0.494 e. The first-order valence-corrected chi connectivity index (χ1v) is 8.73. The molecule has 3 nitrogen and oxygen atoms in total. The highest BCUT2D eigenvalue weighted by Gasteiger charge is 2.19. The fourth-order valence-electron chi connectivity index (χ4n) is 2.95. The number of carbonyl (C=O) groups is 1. The number of carbonyl (C=O) groups excluding carboxylic acids is 1. The number of nitrogens with one attached hydrogen (secondary N) is 1. The van der Waals surface area contributed by atoms with Gasteiger partial charge in [-0.15, -0.1) is 11.3 Å². The summed E-state index contributed by atoms with van der Waals surface area (Å²) in [5.74, 6) is -0.0245. The molecule has 0 aliphatic heterocycles. The Hall–Kier alpha value is -1.88. The summed E-state index contributed by atoms with van der Waals surface area (Å²) < 4.78 is 19.6. The van der Waals surface area contributed by atoms with Gasteiger partial charge in [0.25, 0.3) is 5.91 Å². The Balaban J connectivity index is 1.71. The van der Waals surface area contributed by atoms with Crippen molar-refractivity contribution in [3.05, 3.63) is 40.5 Å². The summed E-state index contributed by atoms with van der Waals surface area (Å²) in [7, 11) is 1.51. The normalized spacial score (nSPS) is 14.6. The summed E-state index contributed by atoms with van der Waals surface area (Å²) >= 11 is 1.33. The van der Waals surface area contributed by atoms with Crippen LogP contribution in [0.25, 0.3) is 10.1 Å². The van der Waals surface area contributed by atoms with Gasteiger partial charge in [-0.2, -0.15) is 0 Å². The molecule has 0 radical (unpaired) electrons. The lowest BCUT2D eigenvalue weighted by Gasteiger charge is -2.12. The van der Waals surface area contributed by atoms with Gasteiger partial charge in [0.2, 0.25) is 0 Å². The fourth-order valence-corrected chi connectivity index (χ4v) is 4.02. The predicted molar refractivity (Wildman–Crippen MR) is 91.8 cm³/mol. The molecule has 23 heavy (non-hydrogen) atoms. The smallest absolute Gasteiger partial charge is 0.265 e. The zero-order valence-corrected chi connectivity index (χ0v) is 14.0. The lowest BCUT2D eigenvalue weighted by atomic mass is 9.97. The molecule has 0 unspecified atom stereocenters. The van der Waals surface area contributed by atoms with Crippen LogP contribution in [0, 0.1) is 5.82 Å². The van der Waals surface area contributed by atoms with Gasteiger partial charge in [0.15, 0.2) is 0 Å². The standard InChI is InChI=1S/C18H20FNO2S/c1-22-16-14-11-13(19)7-8-15(14)23-17(16)18(21)20-10-9-12-5-3-2-4-6-12/h5,7-8,11H,2-4,6,9-10H2,1H3,(H,20,21). The van der Waals surface area contributed by atoms with Gasteiger partial charge in [-0.3, -0.25) is 4.79 Å². The van der Waals surface area contributed by atoms with Gasteiger partial charge in [0, 0.05) is 16.6 Å². The molecule has 122 valence electrons. The molecule has 0 bridgehead atoms. The summed E-state index contributed by atoms with van der Waals surface area (Å²) in [6.45, 7) is 0.621. The van der Waals surface area contributed by atoms with Crippen LogP contribution in [0.4, 0.5) is 4.39 Å². The molecule has 0 saturated carbocycles. The highest BCUT2D eigenvalue weighted by Crippen LogP contribution is 2.37. The van der Waals surface area contributed by atoms with Crippen LogP contribution in [-0.2, 0) is 0 Å². The van der Waals surface area contributed by atoms with Crippen LogP contribution >= 0.6 is 11.3 Å². The molecule has 5 heteroatoms. The van der Waals surface area contributed by atoms with E-state index in [1.54, 1.807) is 6.07 Å². The van der Waals surface area contributed by atoms with Gasteiger partial charge < -0.3 is 10.1 Å². The number of rotatable bonds is 5. The van der Waals surface area contributed by atoms with E-state index in [0.717, 1.165) is 24.0 Å². The topological polar surface area (TPSA) is 38.3 Å². The number of fused-ring (bicyclic) bond motifs is 1. The van der Waals surface area contributed by atoms with Crippen molar-refractivity contribution in [2.45, 2.75) is 32.1 Å². The summed E-state index contributed by atoms with van der Waals surface area (Å²) in [4.78, 5) is 12.9. The van der Waals surface area contributed by atoms with Crippen molar-refractivity contribution in [2.24, 2.45) is 0 Å². The maximum atomic E-state index is 13.4. The number of methoxy groups -OCH3 is 1. The molecule has 0 atom stereocenters. The van der Waals surface area contributed by atoms with Crippen LogP contribution in [0.3, 0.4) is 0 Å². The number of allylic oxidation sites excluding steroid dienone is 1. The van der Waals surface area contributed by atoms with E-state index < -0.39 is 0 Å². The average Bonchev–Trinajstić information content (AvgIpc) is 2.93. The van der Waals surface area contributed by atoms with E-state index in [2.05, 4.69) is 11.4 Å². The van der Waals surface area contributed by atoms with Crippen LogP contribution in [0.5, 0.6) is 5.75 Å². The highest BCUT2D eigenvalue weighted by molar-refractivity contribution is 7.21. The Kier molecular flexibility index (Phi) is 4.96. The number of benzene rings is 1. The molecule has 1 aromatic carbocycles. The van der Waals surface area contributed by atoms with E-state index in [0.29, 0.717) is 22.6 Å². The van der Waals surface area contributed by atoms with Crippen molar-refractivity contribution < 1.29 is 13.9 Å². The minimum absolute atomic E-state index is 0.153. The van der Waals surface area contributed by atoms with E-state index in [1.165, 1.54) is 49.0 Å². The van der Waals surface area contributed by atoms with Crippen LogP contribution in [0.1, 0.15) is 41.8 Å². The molecular formula is C18H20FNO2S. The summed E-state index contributed by atoms with van der Waals surface area (Å²) in [6.07, 6.45) is 7.99. The number of hydrogen-bond acceptors (Lipinski definition) is 3. The number of thiophene rings is 1. The second kappa shape index (κ2) is 7.13. The Morgan fingerprint density at radius 1 is 1.39 bits per heavy atom. The molecule has 2 aromatic rings. The molecule has 1 heterocycles. The number of ether oxygens (including phenoxy) is 1. The van der Waals surface area contributed by atoms with E-state index >= 15 is 0 Å². The zero-order chi connectivity index (χ0) is 16.2. The molecule has 0 spiro atoms. The molecular weight excluding hydrogens is 313 g/mol. The lowest BCUT2D eigenvalue weighted by molar-refractivity contribution is 0.0955. The molecule has 1 amide bonds. The second-order valence-electron chi connectivity index (χ2n) is 5.72. The van der Waals surface area contributed by atoms with Crippen molar-refractivity contribution >= 4 is 27.3 Å². The van der Waals surface area contributed by atoms with Crippen molar-refractivity contribution in [3.8, 4) is 5.75 Å². The number of hydrogen-bond donors (Lipinski definition) is 1. The van der Waals surface area contributed by atoms with Gasteiger partial charge in [0.05, 0.1) is 7.11 Å². The lowest BCUT2D eigenvalue weighted by Crippen LogP contribution is -2.24. The summed E-state index contributed by atoms with van der Waals surface area (Å²) in [5, 5.41) is 3.60. The van der Waals surface area contributed by atoms with Crippen molar-refractivity contribution in [3.63, 3.8) is 0 Å². The molecule has 0 fully saturated rings. The van der Waals surface area contributed by atoms with Gasteiger partial charge in [-0.1, -0.05) is 11.6 Å². The Bertz CT molecular complexity index is 751. The van der Waals surface area contributed by atoms with E-state index in [-0.39, 0.29) is 11.7 Å². The fraction of sp³-hybridized carbons (Fsp3) is 0.389. The molecule has 1 aromatic heterocycles. The van der Waals surface area contributed by atoms with Gasteiger partial charge in [-0.25, -0.2) is 4.39 Å². The van der Waals surface area contributed by atoms with E-state index in [9.17, 15) is 9.18 Å². The third-order valence-electron chi connectivity index (χ3n) is 4.13. The van der Waals surface area contributed by atoms with Gasteiger partial charge >= 0.3 is 0 Å². The predicted octanol–water partition coefficient (Wildman–Crippen LogP) is 4.67. The van der Waals surface area contributed by atoms with E-state index in [4.69, 9.17) is 4.74 Å². The first kappa shape index (κ1) is 16.0. The van der Waals surface area contributed by atoms with Crippen LogP contribution < -0.4 is 10.1 Å². The average molecular weight is 333 g/mol.